The number of para-hydroxylation sites is 2. The predicted octanol–water partition coefficient (Wildman–Crippen LogP) is 6.20. The summed E-state index contributed by atoms with van der Waals surface area (Å²) in [7, 11) is 0. The number of aromatic nitrogens is 2. The van der Waals surface area contributed by atoms with Crippen LogP contribution in [0.3, 0.4) is 0 Å². The first kappa shape index (κ1) is 22.5. The van der Waals surface area contributed by atoms with Crippen LogP contribution >= 0.6 is 0 Å². The molecule has 0 radical (unpaired) electrons. The topological polar surface area (TPSA) is 46.9 Å². The molecule has 4 aromatic rings. The second-order valence-corrected chi connectivity index (χ2v) is 8.37. The average Bonchev–Trinajstić information content (AvgIpc) is 3.19. The van der Waals surface area contributed by atoms with E-state index in [1.807, 2.05) is 43.3 Å². The molecule has 1 heterocycles. The number of carbonyl (C=O) groups excluding carboxylic acids is 1. The molecule has 1 aromatic heterocycles. The fraction of sp³-hybridized carbons (Fsp3) is 0.241. The van der Waals surface area contributed by atoms with Crippen LogP contribution in [0.1, 0.15) is 46.6 Å². The molecule has 0 aliphatic heterocycles. The average molecular weight is 438 g/mol. The number of benzene rings is 3. The van der Waals surface area contributed by atoms with Gasteiger partial charge in [0.15, 0.2) is 0 Å². The third kappa shape index (κ3) is 6.19. The molecule has 1 amide bonds. The van der Waals surface area contributed by atoms with Crippen molar-refractivity contribution in [3.8, 4) is 0 Å². The van der Waals surface area contributed by atoms with Crippen LogP contribution in [0.25, 0.3) is 17.1 Å². The van der Waals surface area contributed by atoms with E-state index in [1.165, 1.54) is 11.1 Å². The largest absolute Gasteiger partial charge is 0.352 e. The van der Waals surface area contributed by atoms with Crippen molar-refractivity contribution in [1.82, 2.24) is 14.9 Å². The minimum absolute atomic E-state index is 0.00185. The molecule has 4 heteroatoms. The minimum Gasteiger partial charge on any atom is -0.352 e. The Bertz CT molecular complexity index is 1210. The van der Waals surface area contributed by atoms with Gasteiger partial charge >= 0.3 is 0 Å². The van der Waals surface area contributed by atoms with Crippen molar-refractivity contribution in [2.24, 2.45) is 0 Å². The summed E-state index contributed by atoms with van der Waals surface area (Å²) in [6, 6.07) is 26.4. The number of nitrogens with zero attached hydrogens (tertiary/aromatic N) is 2. The van der Waals surface area contributed by atoms with Gasteiger partial charge in [0.2, 0.25) is 0 Å². The summed E-state index contributed by atoms with van der Waals surface area (Å²) in [5.74, 6) is 1.12. The molecule has 0 aliphatic carbocycles. The van der Waals surface area contributed by atoms with Gasteiger partial charge in [0.25, 0.3) is 5.91 Å². The lowest BCUT2D eigenvalue weighted by atomic mass is 10.1. The molecule has 0 fully saturated rings. The van der Waals surface area contributed by atoms with Crippen molar-refractivity contribution in [1.29, 1.82) is 0 Å². The SMILES string of the molecule is Cc1ccc(C(=O)NCCCCCc2nc3ccccc3n2C/C=C/c2ccccc2)cc1. The molecule has 33 heavy (non-hydrogen) atoms. The van der Waals surface area contributed by atoms with Gasteiger partial charge < -0.3 is 9.88 Å². The van der Waals surface area contributed by atoms with Gasteiger partial charge in [-0.3, -0.25) is 4.79 Å². The molecule has 1 N–H and O–H groups in total. The number of hydrogen-bond acceptors (Lipinski definition) is 2. The van der Waals surface area contributed by atoms with Crippen LogP contribution in [0, 0.1) is 6.92 Å². The van der Waals surface area contributed by atoms with Gasteiger partial charge in [0.1, 0.15) is 5.82 Å². The van der Waals surface area contributed by atoms with E-state index in [2.05, 4.69) is 64.5 Å². The summed E-state index contributed by atoms with van der Waals surface area (Å²) in [6.45, 7) is 3.52. The lowest BCUT2D eigenvalue weighted by Crippen LogP contribution is -2.24. The van der Waals surface area contributed by atoms with Crippen LogP contribution in [0.4, 0.5) is 0 Å². The Morgan fingerprint density at radius 2 is 1.67 bits per heavy atom. The lowest BCUT2D eigenvalue weighted by molar-refractivity contribution is 0.0953. The summed E-state index contributed by atoms with van der Waals surface area (Å²) in [5.41, 5.74) is 5.31. The van der Waals surface area contributed by atoms with Crippen molar-refractivity contribution in [2.75, 3.05) is 6.54 Å². The van der Waals surface area contributed by atoms with E-state index in [4.69, 9.17) is 4.98 Å². The number of aryl methyl sites for hydroxylation is 2. The van der Waals surface area contributed by atoms with Crippen molar-refractivity contribution in [3.63, 3.8) is 0 Å². The Labute approximate surface area is 196 Å². The fourth-order valence-corrected chi connectivity index (χ4v) is 3.97. The molecule has 0 bridgehead atoms. The smallest absolute Gasteiger partial charge is 0.251 e. The van der Waals surface area contributed by atoms with Crippen molar-refractivity contribution in [2.45, 2.75) is 39.2 Å². The molecule has 3 aromatic carbocycles. The van der Waals surface area contributed by atoms with E-state index < -0.39 is 0 Å². The molecular formula is C29H31N3O. The van der Waals surface area contributed by atoms with Gasteiger partial charge in [-0.1, -0.05) is 78.7 Å². The molecular weight excluding hydrogens is 406 g/mol. The molecule has 4 rings (SSSR count). The number of allylic oxidation sites excluding steroid dienone is 1. The highest BCUT2D eigenvalue weighted by Crippen LogP contribution is 2.18. The predicted molar refractivity (Wildman–Crippen MR) is 136 cm³/mol. The zero-order valence-electron chi connectivity index (χ0n) is 19.2. The Morgan fingerprint density at radius 1 is 0.909 bits per heavy atom. The van der Waals surface area contributed by atoms with E-state index in [-0.39, 0.29) is 5.91 Å². The van der Waals surface area contributed by atoms with Gasteiger partial charge in [-0.2, -0.15) is 0 Å². The molecule has 0 atom stereocenters. The highest BCUT2D eigenvalue weighted by atomic mass is 16.1. The Kier molecular flexibility index (Phi) is 7.70. The standard InChI is InChI=1S/C29H31N3O/c1-23-17-19-25(20-18-23)29(33)30-21-9-3-6-16-28-31-26-14-7-8-15-27(26)32(28)22-10-13-24-11-4-2-5-12-24/h2,4-5,7-8,10-15,17-20H,3,6,9,16,21-22H2,1H3,(H,30,33)/b13-10+. The maximum Gasteiger partial charge on any atom is 0.251 e. The maximum absolute atomic E-state index is 12.2. The maximum atomic E-state index is 12.2. The second-order valence-electron chi connectivity index (χ2n) is 8.37. The van der Waals surface area contributed by atoms with E-state index in [1.54, 1.807) is 0 Å². The van der Waals surface area contributed by atoms with Crippen molar-refractivity contribution < 1.29 is 4.79 Å². The number of rotatable bonds is 10. The molecule has 0 saturated heterocycles. The van der Waals surface area contributed by atoms with Gasteiger partial charge in [-0.25, -0.2) is 4.98 Å². The van der Waals surface area contributed by atoms with E-state index in [0.29, 0.717) is 6.54 Å². The number of unbranched alkanes of at least 4 members (excludes halogenated alkanes) is 2. The first-order chi connectivity index (χ1) is 16.2. The first-order valence-corrected chi connectivity index (χ1v) is 11.7. The summed E-state index contributed by atoms with van der Waals surface area (Å²) in [5, 5.41) is 3.02. The van der Waals surface area contributed by atoms with Crippen LogP contribution in [0.5, 0.6) is 0 Å². The highest BCUT2D eigenvalue weighted by molar-refractivity contribution is 5.94. The number of imidazole rings is 1. The fourth-order valence-electron chi connectivity index (χ4n) is 3.97. The van der Waals surface area contributed by atoms with Gasteiger partial charge in [0.05, 0.1) is 11.0 Å². The Hall–Kier alpha value is -3.66. The zero-order valence-corrected chi connectivity index (χ0v) is 19.2. The van der Waals surface area contributed by atoms with E-state index >= 15 is 0 Å². The minimum atomic E-state index is 0.00185. The third-order valence-corrected chi connectivity index (χ3v) is 5.81. The third-order valence-electron chi connectivity index (χ3n) is 5.81. The summed E-state index contributed by atoms with van der Waals surface area (Å²) < 4.78 is 2.31. The van der Waals surface area contributed by atoms with E-state index in [0.717, 1.165) is 54.7 Å². The van der Waals surface area contributed by atoms with E-state index in [9.17, 15) is 4.79 Å². The van der Waals surface area contributed by atoms with Crippen molar-refractivity contribution >= 4 is 23.0 Å². The van der Waals surface area contributed by atoms with Crippen LogP contribution < -0.4 is 5.32 Å². The first-order valence-electron chi connectivity index (χ1n) is 11.7. The monoisotopic (exact) mass is 437 g/mol. The number of nitrogens with one attached hydrogen (secondary N) is 1. The van der Waals surface area contributed by atoms with Gasteiger partial charge in [-0.05, 0) is 49.6 Å². The molecule has 168 valence electrons. The number of fused-ring (bicyclic) bond motifs is 1. The highest BCUT2D eigenvalue weighted by Gasteiger charge is 2.09. The summed E-state index contributed by atoms with van der Waals surface area (Å²) >= 11 is 0. The van der Waals surface area contributed by atoms with Gasteiger partial charge in [0, 0.05) is 25.1 Å². The molecule has 4 nitrogen and oxygen atoms in total. The van der Waals surface area contributed by atoms with Crippen LogP contribution in [0.2, 0.25) is 0 Å². The molecule has 0 spiro atoms. The quantitative estimate of drug-likeness (QED) is 0.300. The zero-order chi connectivity index (χ0) is 22.9. The molecule has 0 saturated carbocycles. The Balaban J connectivity index is 1.29. The second kappa shape index (κ2) is 11.3. The summed E-state index contributed by atoms with van der Waals surface area (Å²) in [4.78, 5) is 17.1. The normalized spacial score (nSPS) is 11.3. The number of carbonyl (C=O) groups is 1. The van der Waals surface area contributed by atoms with Crippen LogP contribution in [-0.2, 0) is 13.0 Å². The number of amides is 1. The Morgan fingerprint density at radius 3 is 2.48 bits per heavy atom. The summed E-state index contributed by atoms with van der Waals surface area (Å²) in [6.07, 6.45) is 8.36. The van der Waals surface area contributed by atoms with Crippen LogP contribution in [-0.4, -0.2) is 22.0 Å². The lowest BCUT2D eigenvalue weighted by Gasteiger charge is -2.08. The molecule has 0 aliphatic rings. The van der Waals surface area contributed by atoms with Crippen LogP contribution in [0.15, 0.2) is 84.9 Å². The van der Waals surface area contributed by atoms with Crippen molar-refractivity contribution in [3.05, 3.63) is 107 Å². The molecule has 0 unspecified atom stereocenters. The van der Waals surface area contributed by atoms with Gasteiger partial charge in [-0.15, -0.1) is 0 Å². The number of hydrogen-bond donors (Lipinski definition) is 1.